The number of hydrogen-bond donors (Lipinski definition) is 5. The monoisotopic (exact) mass is 333 g/mol. The number of methoxy groups -OCH3 is 1. The van der Waals surface area contributed by atoms with Gasteiger partial charge in [0.25, 0.3) is 0 Å². The normalized spacial score (nSPS) is 54.5. The zero-order chi connectivity index (χ0) is 16.7. The molecule has 1 aliphatic heterocycles. The van der Waals surface area contributed by atoms with Crippen molar-refractivity contribution in [3.05, 3.63) is 0 Å². The highest BCUT2D eigenvalue weighted by molar-refractivity contribution is 4.98. The summed E-state index contributed by atoms with van der Waals surface area (Å²) in [6.07, 6.45) is -2.44. The van der Waals surface area contributed by atoms with Crippen LogP contribution in [-0.2, 0) is 4.74 Å². The Morgan fingerprint density at radius 2 is 1.57 bits per heavy atom. The van der Waals surface area contributed by atoms with Crippen LogP contribution in [0.2, 0.25) is 0 Å². The lowest BCUT2D eigenvalue weighted by Gasteiger charge is -2.46. The van der Waals surface area contributed by atoms with Crippen molar-refractivity contribution in [3.8, 4) is 0 Å². The van der Waals surface area contributed by atoms with Crippen LogP contribution in [-0.4, -0.2) is 86.2 Å². The van der Waals surface area contributed by atoms with E-state index in [4.69, 9.17) is 9.47 Å². The second-order valence-electron chi connectivity index (χ2n) is 7.43. The maximum atomic E-state index is 10.5. The molecule has 2 aliphatic carbocycles. The van der Waals surface area contributed by atoms with Gasteiger partial charge in [-0.25, -0.2) is 0 Å². The Kier molecular flexibility index (Phi) is 5.27. The zero-order valence-electron chi connectivity index (χ0n) is 13.4. The minimum absolute atomic E-state index is 0.0782. The first kappa shape index (κ1) is 17.5. The topological polar surface area (TPSA) is 123 Å². The lowest BCUT2D eigenvalue weighted by molar-refractivity contribution is -0.300. The first-order valence-corrected chi connectivity index (χ1v) is 8.53. The van der Waals surface area contributed by atoms with Crippen molar-refractivity contribution in [3.63, 3.8) is 0 Å². The summed E-state index contributed by atoms with van der Waals surface area (Å²) in [7, 11) is 1.50. The second-order valence-corrected chi connectivity index (χ2v) is 7.43. The molecule has 134 valence electrons. The molecule has 0 aromatic carbocycles. The van der Waals surface area contributed by atoms with Crippen molar-refractivity contribution in [1.29, 1.82) is 0 Å². The predicted molar refractivity (Wildman–Crippen MR) is 80.7 cm³/mol. The molecule has 3 rings (SSSR count). The Balaban J connectivity index is 1.70. The molecule has 2 saturated carbocycles. The van der Waals surface area contributed by atoms with Crippen LogP contribution in [0.4, 0.5) is 0 Å². The summed E-state index contributed by atoms with van der Waals surface area (Å²) in [5.41, 5.74) is 0. The van der Waals surface area contributed by atoms with Crippen molar-refractivity contribution in [2.75, 3.05) is 7.11 Å². The van der Waals surface area contributed by atoms with Gasteiger partial charge in [0, 0.05) is 25.9 Å². The highest BCUT2D eigenvalue weighted by atomic mass is 16.5. The summed E-state index contributed by atoms with van der Waals surface area (Å²) >= 11 is 0. The fourth-order valence-corrected chi connectivity index (χ4v) is 4.67. The van der Waals surface area contributed by atoms with Crippen molar-refractivity contribution in [1.82, 2.24) is 0 Å². The molecule has 7 heteroatoms. The van der Waals surface area contributed by atoms with E-state index in [2.05, 4.69) is 0 Å². The number of hydrogen-bond acceptors (Lipinski definition) is 6. The number of rotatable bonds is 2. The van der Waals surface area contributed by atoms with Crippen molar-refractivity contribution in [2.45, 2.75) is 80.9 Å². The lowest BCUT2D eigenvalue weighted by Crippen LogP contribution is -2.59. The van der Waals surface area contributed by atoms with E-state index in [1.165, 1.54) is 7.11 Å². The first-order valence-electron chi connectivity index (χ1n) is 8.53. The average Bonchev–Trinajstić information content (AvgIpc) is 2.50. The molecule has 3 aliphatic rings. The number of fused-ring (bicyclic) bond motifs is 1. The van der Waals surface area contributed by atoms with Crippen LogP contribution in [0.3, 0.4) is 0 Å². The van der Waals surface area contributed by atoms with Crippen LogP contribution < -0.4 is 0 Å². The fraction of sp³-hybridized carbons (Fsp3) is 1.00. The molecule has 6 N–H and O–H groups in total. The third-order valence-electron chi connectivity index (χ3n) is 5.93. The quantitative estimate of drug-likeness (QED) is 0.384. The lowest BCUT2D eigenvalue weighted by atomic mass is 9.72. The van der Waals surface area contributed by atoms with Gasteiger partial charge in [-0.2, -0.15) is 0 Å². The van der Waals surface area contributed by atoms with E-state index in [1.807, 2.05) is 0 Å². The van der Waals surface area contributed by atoms with E-state index in [1.54, 1.807) is 0 Å². The van der Waals surface area contributed by atoms with Crippen LogP contribution in [0.15, 0.2) is 0 Å². The van der Waals surface area contributed by atoms with Crippen molar-refractivity contribution >= 4 is 0 Å². The van der Waals surface area contributed by atoms with Crippen LogP contribution in [0.25, 0.3) is 0 Å². The molecule has 10 unspecified atom stereocenters. The Morgan fingerprint density at radius 1 is 0.826 bits per heavy atom. The van der Waals surface area contributed by atoms with Gasteiger partial charge in [0.15, 0.2) is 12.2 Å². The standard InChI is InChI=1S/C16H28O7/c1-22-14-3-7(2-11(19)15(14)21)16-12(20)6-9-10(18)4-8(17)5-13(9)23-16/h7-21H,2-6H2,1H3/p+1. The Labute approximate surface area is 135 Å². The van der Waals surface area contributed by atoms with Gasteiger partial charge in [0.2, 0.25) is 0 Å². The Hall–Kier alpha value is -0.280. The average molecular weight is 333 g/mol. The molecule has 7 nitrogen and oxygen atoms in total. The summed E-state index contributed by atoms with van der Waals surface area (Å²) < 4.78 is 9.98. The third kappa shape index (κ3) is 3.42. The minimum atomic E-state index is -0.914. The van der Waals surface area contributed by atoms with E-state index in [-0.39, 0.29) is 24.0 Å². The molecule has 0 aromatic heterocycles. The van der Waals surface area contributed by atoms with Gasteiger partial charge in [0.1, 0.15) is 12.2 Å². The van der Waals surface area contributed by atoms with E-state index in [0.717, 1.165) is 0 Å². The van der Waals surface area contributed by atoms with Crippen LogP contribution >= 0.6 is 0 Å². The minimum Gasteiger partial charge on any atom is -0.427 e. The summed E-state index contributed by atoms with van der Waals surface area (Å²) in [4.78, 5) is 0. The molecule has 1 heterocycles. The van der Waals surface area contributed by atoms with Gasteiger partial charge in [0.05, 0.1) is 30.3 Å². The highest BCUT2D eigenvalue weighted by Gasteiger charge is 2.52. The maximum absolute atomic E-state index is 10.5. The van der Waals surface area contributed by atoms with Gasteiger partial charge in [-0.1, -0.05) is 0 Å². The molecule has 1 saturated heterocycles. The van der Waals surface area contributed by atoms with Crippen LogP contribution in [0.5, 0.6) is 0 Å². The summed E-state index contributed by atoms with van der Waals surface area (Å²) in [6.45, 7) is 0. The van der Waals surface area contributed by atoms with Crippen LogP contribution in [0, 0.1) is 11.8 Å². The van der Waals surface area contributed by atoms with E-state index >= 15 is 0 Å². The summed E-state index contributed by atoms with van der Waals surface area (Å²) in [6, 6.07) is 0. The van der Waals surface area contributed by atoms with E-state index < -0.39 is 36.6 Å². The number of aliphatic hydroxyl groups excluding tert-OH is 5. The van der Waals surface area contributed by atoms with Gasteiger partial charge in [-0.15, -0.1) is 0 Å². The molecule has 0 radical (unpaired) electrons. The fourth-order valence-electron chi connectivity index (χ4n) is 4.67. The SMILES string of the molecule is COC1CC(C2[OH+]C3CC(O)CC(O)C3CC2O)CC(O)C1O. The van der Waals surface area contributed by atoms with Gasteiger partial charge in [-0.3, -0.25) is 0 Å². The van der Waals surface area contributed by atoms with E-state index in [9.17, 15) is 25.5 Å². The van der Waals surface area contributed by atoms with Crippen molar-refractivity contribution in [2.24, 2.45) is 11.8 Å². The van der Waals surface area contributed by atoms with Crippen LogP contribution in [0.1, 0.15) is 32.1 Å². The first-order chi connectivity index (χ1) is 10.9. The summed E-state index contributed by atoms with van der Waals surface area (Å²) in [5.74, 6) is -0.188. The Bertz CT molecular complexity index is 406. The third-order valence-corrected chi connectivity index (χ3v) is 5.93. The van der Waals surface area contributed by atoms with E-state index in [0.29, 0.717) is 32.1 Å². The molecule has 0 bridgehead atoms. The maximum Gasteiger partial charge on any atom is 0.184 e. The molecule has 0 spiro atoms. The molecule has 23 heavy (non-hydrogen) atoms. The van der Waals surface area contributed by atoms with Gasteiger partial charge < -0.3 is 35.0 Å². The molecule has 3 fully saturated rings. The predicted octanol–water partition coefficient (Wildman–Crippen LogP) is -1.71. The smallest absolute Gasteiger partial charge is 0.184 e. The zero-order valence-corrected chi connectivity index (χ0v) is 13.4. The largest absolute Gasteiger partial charge is 0.427 e. The van der Waals surface area contributed by atoms with Gasteiger partial charge >= 0.3 is 0 Å². The Morgan fingerprint density at radius 3 is 2.26 bits per heavy atom. The molecule has 0 amide bonds. The molecular formula is C16H29O7+. The second kappa shape index (κ2) is 6.92. The number of aliphatic hydroxyl groups is 7. The molecule has 0 aromatic rings. The van der Waals surface area contributed by atoms with Crippen molar-refractivity contribution < 1.29 is 35.0 Å². The van der Waals surface area contributed by atoms with Gasteiger partial charge in [-0.05, 0) is 19.3 Å². The molecular weight excluding hydrogens is 304 g/mol. The highest BCUT2D eigenvalue weighted by Crippen LogP contribution is 2.40. The summed E-state index contributed by atoms with van der Waals surface area (Å²) in [5, 5.41) is 50.5. The molecule has 10 atom stereocenters. The number of ether oxygens (including phenoxy) is 2.